The first-order valence-corrected chi connectivity index (χ1v) is 12.8. The van der Waals surface area contributed by atoms with Crippen LogP contribution in [0.4, 0.5) is 11.4 Å². The highest BCUT2D eigenvalue weighted by Crippen LogP contribution is 2.19. The molecule has 0 aliphatic heterocycles. The molecule has 3 N–H and O–H groups in total. The lowest BCUT2D eigenvalue weighted by molar-refractivity contribution is -0.136. The molecular weight excluding hydrogens is 600 g/mol. The normalized spacial score (nSPS) is 10.6. The molecule has 40 heavy (non-hydrogen) atoms. The molecule has 0 radical (unpaired) electrons. The molecule has 0 bridgehead atoms. The summed E-state index contributed by atoms with van der Waals surface area (Å²) in [5.74, 6) is -2.77. The fourth-order valence-electron chi connectivity index (χ4n) is 3.32. The Labute approximate surface area is 242 Å². The second-order valence-corrected chi connectivity index (χ2v) is 9.48. The number of amides is 3. The molecule has 0 fully saturated rings. The van der Waals surface area contributed by atoms with Crippen LogP contribution >= 0.6 is 27.5 Å². The van der Waals surface area contributed by atoms with Crippen molar-refractivity contribution in [3.63, 3.8) is 0 Å². The van der Waals surface area contributed by atoms with Crippen molar-refractivity contribution >= 4 is 68.8 Å². The highest BCUT2D eigenvalue weighted by Gasteiger charge is 2.18. The number of rotatable bonds is 7. The number of anilines is 2. The van der Waals surface area contributed by atoms with E-state index in [0.717, 1.165) is 4.47 Å². The first-order chi connectivity index (χ1) is 19.3. The number of esters is 1. The van der Waals surface area contributed by atoms with Gasteiger partial charge in [-0.15, -0.1) is 0 Å². The third-order valence-corrected chi connectivity index (χ3v) is 6.02. The molecule has 11 heteroatoms. The van der Waals surface area contributed by atoms with Gasteiger partial charge in [0.1, 0.15) is 5.75 Å². The summed E-state index contributed by atoms with van der Waals surface area (Å²) in [4.78, 5) is 49.7. The Morgan fingerprint density at radius 3 is 2.25 bits per heavy atom. The SMILES string of the molecule is O=C(NN=Cc1ccc(OC(=O)c2cccc(Cl)c2)cc1)C(=O)Nc1ccccc1C(=O)Nc1ccc(Br)cc1. The summed E-state index contributed by atoms with van der Waals surface area (Å²) < 4.78 is 6.17. The first-order valence-electron chi connectivity index (χ1n) is 11.7. The van der Waals surface area contributed by atoms with Crippen LogP contribution in [0.3, 0.4) is 0 Å². The van der Waals surface area contributed by atoms with Gasteiger partial charge in [0.25, 0.3) is 5.91 Å². The summed E-state index contributed by atoms with van der Waals surface area (Å²) in [7, 11) is 0. The summed E-state index contributed by atoms with van der Waals surface area (Å²) in [5.41, 5.74) is 3.91. The number of nitrogens with zero attached hydrogens (tertiary/aromatic N) is 1. The highest BCUT2D eigenvalue weighted by atomic mass is 79.9. The minimum Gasteiger partial charge on any atom is -0.423 e. The number of para-hydroxylation sites is 1. The largest absolute Gasteiger partial charge is 0.423 e. The molecule has 0 atom stereocenters. The van der Waals surface area contributed by atoms with Gasteiger partial charge in [-0.2, -0.15) is 5.10 Å². The first kappa shape index (κ1) is 28.2. The van der Waals surface area contributed by atoms with E-state index >= 15 is 0 Å². The summed E-state index contributed by atoms with van der Waals surface area (Å²) in [6, 6.07) is 26.0. The predicted octanol–water partition coefficient (Wildman–Crippen LogP) is 5.66. The Morgan fingerprint density at radius 1 is 0.800 bits per heavy atom. The zero-order chi connectivity index (χ0) is 28.5. The van der Waals surface area contributed by atoms with Gasteiger partial charge >= 0.3 is 17.8 Å². The molecule has 0 unspecified atom stereocenters. The van der Waals surface area contributed by atoms with Gasteiger partial charge in [-0.1, -0.05) is 45.7 Å². The monoisotopic (exact) mass is 618 g/mol. The number of ether oxygens (including phenoxy) is 1. The molecule has 4 rings (SSSR count). The van der Waals surface area contributed by atoms with Crippen molar-refractivity contribution in [2.24, 2.45) is 5.10 Å². The van der Waals surface area contributed by atoms with Crippen molar-refractivity contribution in [3.05, 3.63) is 123 Å². The molecule has 4 aromatic rings. The number of benzene rings is 4. The van der Waals surface area contributed by atoms with Crippen LogP contribution in [-0.4, -0.2) is 29.9 Å². The van der Waals surface area contributed by atoms with Crippen LogP contribution in [0.5, 0.6) is 5.75 Å². The van der Waals surface area contributed by atoms with Gasteiger partial charge in [0.05, 0.1) is 23.0 Å². The Bertz CT molecular complexity index is 1590. The van der Waals surface area contributed by atoms with Crippen LogP contribution in [-0.2, 0) is 9.59 Å². The quantitative estimate of drug-likeness (QED) is 0.0809. The third-order valence-electron chi connectivity index (χ3n) is 5.26. The molecule has 200 valence electrons. The van der Waals surface area contributed by atoms with E-state index in [1.165, 1.54) is 24.4 Å². The molecule has 4 aromatic carbocycles. The zero-order valence-corrected chi connectivity index (χ0v) is 22.9. The van der Waals surface area contributed by atoms with E-state index in [-0.39, 0.29) is 11.3 Å². The lowest BCUT2D eigenvalue weighted by Gasteiger charge is -2.11. The van der Waals surface area contributed by atoms with E-state index in [1.54, 1.807) is 78.9 Å². The summed E-state index contributed by atoms with van der Waals surface area (Å²) in [6.45, 7) is 0. The summed E-state index contributed by atoms with van der Waals surface area (Å²) in [5, 5.41) is 9.37. The van der Waals surface area contributed by atoms with Crippen molar-refractivity contribution in [2.45, 2.75) is 0 Å². The zero-order valence-electron chi connectivity index (χ0n) is 20.6. The van der Waals surface area contributed by atoms with Gasteiger partial charge in [0.2, 0.25) is 0 Å². The average Bonchev–Trinajstić information content (AvgIpc) is 2.95. The van der Waals surface area contributed by atoms with Crippen LogP contribution in [0.1, 0.15) is 26.3 Å². The molecular formula is C29H20BrClN4O5. The van der Waals surface area contributed by atoms with Crippen molar-refractivity contribution in [1.29, 1.82) is 0 Å². The molecule has 0 heterocycles. The van der Waals surface area contributed by atoms with Gasteiger partial charge < -0.3 is 15.4 Å². The number of carbonyl (C=O) groups is 4. The van der Waals surface area contributed by atoms with Crippen LogP contribution in [0.25, 0.3) is 0 Å². The van der Waals surface area contributed by atoms with Crippen LogP contribution in [0, 0.1) is 0 Å². The molecule has 0 spiro atoms. The van der Waals surface area contributed by atoms with Gasteiger partial charge in [-0.25, -0.2) is 10.2 Å². The minimum absolute atomic E-state index is 0.157. The van der Waals surface area contributed by atoms with Crippen LogP contribution < -0.4 is 20.8 Å². The standard InChI is InChI=1S/C29H20BrClN4O5/c30-20-10-12-22(13-11-20)33-26(36)24-6-1-2-7-25(24)34-27(37)28(38)35-32-17-18-8-14-23(15-9-18)40-29(39)19-4-3-5-21(31)16-19/h1-17H,(H,33,36)(H,34,37)(H,35,38). The molecule has 9 nitrogen and oxygen atoms in total. The number of hydrazone groups is 1. The second kappa shape index (κ2) is 13.3. The van der Waals surface area contributed by atoms with Crippen molar-refractivity contribution in [2.75, 3.05) is 10.6 Å². The maximum atomic E-state index is 12.7. The fourth-order valence-corrected chi connectivity index (χ4v) is 3.78. The number of nitrogens with one attached hydrogen (secondary N) is 3. The number of halogens is 2. The maximum absolute atomic E-state index is 12.7. The number of carbonyl (C=O) groups excluding carboxylic acids is 4. The second-order valence-electron chi connectivity index (χ2n) is 8.13. The van der Waals surface area contributed by atoms with Crippen LogP contribution in [0.15, 0.2) is 107 Å². The molecule has 0 aromatic heterocycles. The third kappa shape index (κ3) is 7.85. The van der Waals surface area contributed by atoms with E-state index < -0.39 is 23.7 Å². The highest BCUT2D eigenvalue weighted by molar-refractivity contribution is 9.10. The van der Waals surface area contributed by atoms with Gasteiger partial charge in [0.15, 0.2) is 0 Å². The average molecular weight is 620 g/mol. The molecule has 0 saturated carbocycles. The smallest absolute Gasteiger partial charge is 0.343 e. The van der Waals surface area contributed by atoms with Gasteiger partial charge in [0, 0.05) is 15.2 Å². The van der Waals surface area contributed by atoms with E-state index in [0.29, 0.717) is 27.6 Å². The van der Waals surface area contributed by atoms with E-state index in [4.69, 9.17) is 16.3 Å². The summed E-state index contributed by atoms with van der Waals surface area (Å²) >= 11 is 9.23. The Kier molecular flexibility index (Phi) is 9.39. The van der Waals surface area contributed by atoms with Gasteiger partial charge in [-0.05, 0) is 84.4 Å². The maximum Gasteiger partial charge on any atom is 0.343 e. The lowest BCUT2D eigenvalue weighted by atomic mass is 10.1. The van der Waals surface area contributed by atoms with Crippen molar-refractivity contribution in [3.8, 4) is 5.75 Å². The lowest BCUT2D eigenvalue weighted by Crippen LogP contribution is -2.33. The Morgan fingerprint density at radius 2 is 1.52 bits per heavy atom. The molecule has 0 aliphatic carbocycles. The van der Waals surface area contributed by atoms with Crippen LogP contribution in [0.2, 0.25) is 5.02 Å². The fraction of sp³-hybridized carbons (Fsp3) is 0. The minimum atomic E-state index is -1.04. The Balaban J connectivity index is 1.30. The number of hydrogen-bond acceptors (Lipinski definition) is 6. The van der Waals surface area contributed by atoms with Gasteiger partial charge in [-0.3, -0.25) is 14.4 Å². The molecule has 0 saturated heterocycles. The number of hydrogen-bond donors (Lipinski definition) is 3. The Hall–Kier alpha value is -4.80. The molecule has 3 amide bonds. The van der Waals surface area contributed by atoms with E-state index in [2.05, 4.69) is 37.1 Å². The summed E-state index contributed by atoms with van der Waals surface area (Å²) in [6.07, 6.45) is 1.31. The van der Waals surface area contributed by atoms with E-state index in [1.807, 2.05) is 0 Å². The van der Waals surface area contributed by atoms with Crippen molar-refractivity contribution in [1.82, 2.24) is 5.43 Å². The van der Waals surface area contributed by atoms with E-state index in [9.17, 15) is 19.2 Å². The topological polar surface area (TPSA) is 126 Å². The molecule has 0 aliphatic rings. The predicted molar refractivity (Wildman–Crippen MR) is 156 cm³/mol. The van der Waals surface area contributed by atoms with Crippen molar-refractivity contribution < 1.29 is 23.9 Å².